The van der Waals surface area contributed by atoms with Gasteiger partial charge >= 0.3 is 0 Å². The molecule has 1 atom stereocenters. The Kier molecular flexibility index (Phi) is 5.25. The molecule has 0 heterocycles. The maximum absolute atomic E-state index is 6.06. The predicted octanol–water partition coefficient (Wildman–Crippen LogP) is 1.70. The fourth-order valence-corrected chi connectivity index (χ4v) is 1.58. The second-order valence-electron chi connectivity index (χ2n) is 3.34. The van der Waals surface area contributed by atoms with Crippen LogP contribution in [0.4, 0.5) is 0 Å². The summed E-state index contributed by atoms with van der Waals surface area (Å²) in [7, 11) is 3.13. The molecule has 0 spiro atoms. The summed E-state index contributed by atoms with van der Waals surface area (Å²) < 4.78 is 15.8. The first-order valence-electron chi connectivity index (χ1n) is 5.27. The molecule has 90 valence electrons. The van der Waals surface area contributed by atoms with Crippen LogP contribution in [-0.4, -0.2) is 27.1 Å². The van der Waals surface area contributed by atoms with E-state index in [2.05, 4.69) is 0 Å². The Morgan fingerprint density at radius 3 is 2.38 bits per heavy atom. The topological polar surface area (TPSA) is 53.7 Å². The SMILES string of the molecule is CCOc1ccccc1C(N)C(OC)OC. The highest BCUT2D eigenvalue weighted by Gasteiger charge is 2.21. The Balaban J connectivity index is 2.92. The molecule has 0 aliphatic heterocycles. The summed E-state index contributed by atoms with van der Waals surface area (Å²) in [6, 6.07) is 7.27. The van der Waals surface area contributed by atoms with Crippen LogP contribution in [0.15, 0.2) is 24.3 Å². The lowest BCUT2D eigenvalue weighted by atomic mass is 10.1. The molecular weight excluding hydrogens is 206 g/mol. The van der Waals surface area contributed by atoms with Crippen molar-refractivity contribution in [3.05, 3.63) is 29.8 Å². The van der Waals surface area contributed by atoms with E-state index in [1.807, 2.05) is 31.2 Å². The maximum Gasteiger partial charge on any atom is 0.176 e. The van der Waals surface area contributed by atoms with Gasteiger partial charge in [-0.3, -0.25) is 0 Å². The summed E-state index contributed by atoms with van der Waals surface area (Å²) >= 11 is 0. The lowest BCUT2D eigenvalue weighted by Crippen LogP contribution is -2.30. The average Bonchev–Trinajstić information content (AvgIpc) is 2.31. The molecule has 1 unspecified atom stereocenters. The summed E-state index contributed by atoms with van der Waals surface area (Å²) in [6.07, 6.45) is -0.471. The minimum absolute atomic E-state index is 0.363. The van der Waals surface area contributed by atoms with E-state index in [4.69, 9.17) is 19.9 Å². The van der Waals surface area contributed by atoms with Gasteiger partial charge in [-0.1, -0.05) is 18.2 Å². The van der Waals surface area contributed by atoms with E-state index >= 15 is 0 Å². The van der Waals surface area contributed by atoms with Gasteiger partial charge in [0.1, 0.15) is 5.75 Å². The van der Waals surface area contributed by atoms with E-state index < -0.39 is 6.29 Å². The molecule has 1 aromatic carbocycles. The molecule has 0 saturated heterocycles. The normalized spacial score (nSPS) is 12.8. The number of para-hydroxylation sites is 1. The Bertz CT molecular complexity index is 313. The number of nitrogens with two attached hydrogens (primary N) is 1. The molecule has 0 saturated carbocycles. The van der Waals surface area contributed by atoms with Crippen LogP contribution in [0.1, 0.15) is 18.5 Å². The highest BCUT2D eigenvalue weighted by molar-refractivity contribution is 5.36. The first-order chi connectivity index (χ1) is 7.74. The van der Waals surface area contributed by atoms with Crippen LogP contribution < -0.4 is 10.5 Å². The van der Waals surface area contributed by atoms with E-state index in [0.717, 1.165) is 11.3 Å². The van der Waals surface area contributed by atoms with Crippen LogP contribution >= 0.6 is 0 Å². The second kappa shape index (κ2) is 6.48. The number of methoxy groups -OCH3 is 2. The van der Waals surface area contributed by atoms with Gasteiger partial charge in [-0.2, -0.15) is 0 Å². The van der Waals surface area contributed by atoms with Gasteiger partial charge in [0.15, 0.2) is 6.29 Å². The van der Waals surface area contributed by atoms with Crippen molar-refractivity contribution in [2.45, 2.75) is 19.3 Å². The molecular formula is C12H19NO3. The van der Waals surface area contributed by atoms with Gasteiger partial charge in [0.2, 0.25) is 0 Å². The molecule has 16 heavy (non-hydrogen) atoms. The van der Waals surface area contributed by atoms with Crippen molar-refractivity contribution in [2.24, 2.45) is 5.73 Å². The second-order valence-corrected chi connectivity index (χ2v) is 3.34. The third-order valence-corrected chi connectivity index (χ3v) is 2.34. The lowest BCUT2D eigenvalue weighted by Gasteiger charge is -2.23. The van der Waals surface area contributed by atoms with E-state index in [0.29, 0.717) is 6.61 Å². The van der Waals surface area contributed by atoms with E-state index in [1.165, 1.54) is 0 Å². The van der Waals surface area contributed by atoms with Crippen molar-refractivity contribution < 1.29 is 14.2 Å². The van der Waals surface area contributed by atoms with Gasteiger partial charge < -0.3 is 19.9 Å². The highest BCUT2D eigenvalue weighted by Crippen LogP contribution is 2.26. The molecule has 2 N–H and O–H groups in total. The van der Waals surface area contributed by atoms with E-state index in [9.17, 15) is 0 Å². The molecule has 0 bridgehead atoms. The standard InChI is InChI=1S/C12H19NO3/c1-4-16-10-8-6-5-7-9(10)11(13)12(14-2)15-3/h5-8,11-12H,4,13H2,1-3H3. The monoisotopic (exact) mass is 225 g/mol. The van der Waals surface area contributed by atoms with Crippen LogP contribution in [0.3, 0.4) is 0 Å². The maximum atomic E-state index is 6.06. The zero-order valence-corrected chi connectivity index (χ0v) is 9.97. The minimum Gasteiger partial charge on any atom is -0.494 e. The Morgan fingerprint density at radius 1 is 1.19 bits per heavy atom. The smallest absolute Gasteiger partial charge is 0.176 e. The van der Waals surface area contributed by atoms with Gasteiger partial charge in [0.05, 0.1) is 12.6 Å². The third kappa shape index (κ3) is 2.95. The third-order valence-electron chi connectivity index (χ3n) is 2.34. The molecule has 0 aromatic heterocycles. The van der Waals surface area contributed by atoms with Crippen molar-refractivity contribution in [1.29, 1.82) is 0 Å². The Labute approximate surface area is 96.3 Å². The summed E-state index contributed by atoms with van der Waals surface area (Å²) in [4.78, 5) is 0. The number of hydrogen-bond acceptors (Lipinski definition) is 4. The molecule has 0 radical (unpaired) electrons. The molecule has 4 heteroatoms. The number of rotatable bonds is 6. The first-order valence-corrected chi connectivity index (χ1v) is 5.27. The minimum atomic E-state index is -0.471. The largest absolute Gasteiger partial charge is 0.494 e. The van der Waals surface area contributed by atoms with Crippen molar-refractivity contribution in [1.82, 2.24) is 0 Å². The molecule has 0 aliphatic rings. The van der Waals surface area contributed by atoms with Crippen LogP contribution in [0.25, 0.3) is 0 Å². The van der Waals surface area contributed by atoms with Gasteiger partial charge in [-0.05, 0) is 13.0 Å². The summed E-state index contributed by atoms with van der Waals surface area (Å²) in [5, 5.41) is 0. The molecule has 1 rings (SSSR count). The van der Waals surface area contributed by atoms with Crippen molar-refractivity contribution in [3.63, 3.8) is 0 Å². The zero-order chi connectivity index (χ0) is 12.0. The Hall–Kier alpha value is -1.10. The van der Waals surface area contributed by atoms with Gasteiger partial charge in [0.25, 0.3) is 0 Å². The molecule has 0 fully saturated rings. The van der Waals surface area contributed by atoms with Gasteiger partial charge in [-0.25, -0.2) is 0 Å². The van der Waals surface area contributed by atoms with Crippen molar-refractivity contribution >= 4 is 0 Å². The quantitative estimate of drug-likeness (QED) is 0.749. The van der Waals surface area contributed by atoms with Crippen LogP contribution in [-0.2, 0) is 9.47 Å². The summed E-state index contributed by atoms with van der Waals surface area (Å²) in [5.74, 6) is 0.775. The highest BCUT2D eigenvalue weighted by atomic mass is 16.7. The molecule has 1 aromatic rings. The van der Waals surface area contributed by atoms with E-state index in [1.54, 1.807) is 14.2 Å². The molecule has 0 amide bonds. The van der Waals surface area contributed by atoms with Crippen LogP contribution in [0.2, 0.25) is 0 Å². The fraction of sp³-hybridized carbons (Fsp3) is 0.500. The number of ether oxygens (including phenoxy) is 3. The summed E-state index contributed by atoms with van der Waals surface area (Å²) in [6.45, 7) is 2.54. The zero-order valence-electron chi connectivity index (χ0n) is 9.97. The van der Waals surface area contributed by atoms with Crippen molar-refractivity contribution in [2.75, 3.05) is 20.8 Å². The van der Waals surface area contributed by atoms with Crippen LogP contribution in [0, 0.1) is 0 Å². The molecule has 4 nitrogen and oxygen atoms in total. The molecule has 0 aliphatic carbocycles. The van der Waals surface area contributed by atoms with Gasteiger partial charge in [0, 0.05) is 19.8 Å². The van der Waals surface area contributed by atoms with Gasteiger partial charge in [-0.15, -0.1) is 0 Å². The fourth-order valence-electron chi connectivity index (χ4n) is 1.58. The first kappa shape index (κ1) is 13.0. The summed E-state index contributed by atoms with van der Waals surface area (Å²) in [5.41, 5.74) is 6.95. The predicted molar refractivity (Wildman–Crippen MR) is 62.3 cm³/mol. The van der Waals surface area contributed by atoms with Crippen molar-refractivity contribution in [3.8, 4) is 5.75 Å². The van der Waals surface area contributed by atoms with Crippen LogP contribution in [0.5, 0.6) is 5.75 Å². The average molecular weight is 225 g/mol. The van der Waals surface area contributed by atoms with E-state index in [-0.39, 0.29) is 6.04 Å². The Morgan fingerprint density at radius 2 is 1.81 bits per heavy atom. The number of hydrogen-bond donors (Lipinski definition) is 1. The lowest BCUT2D eigenvalue weighted by molar-refractivity contribution is -0.117. The number of benzene rings is 1.